The van der Waals surface area contributed by atoms with Gasteiger partial charge in [-0.3, -0.25) is 4.79 Å². The molecule has 0 aliphatic carbocycles. The quantitative estimate of drug-likeness (QED) is 0.779. The van der Waals surface area contributed by atoms with Crippen molar-refractivity contribution in [3.05, 3.63) is 34.9 Å². The molecule has 2 heterocycles. The van der Waals surface area contributed by atoms with Crippen LogP contribution in [0.4, 0.5) is 0 Å². The van der Waals surface area contributed by atoms with E-state index >= 15 is 0 Å². The highest BCUT2D eigenvalue weighted by Gasteiger charge is 2.32. The van der Waals surface area contributed by atoms with E-state index in [-0.39, 0.29) is 11.8 Å². The van der Waals surface area contributed by atoms with Crippen LogP contribution in [-0.4, -0.2) is 55.0 Å². The first-order valence-electron chi connectivity index (χ1n) is 11.2. The van der Waals surface area contributed by atoms with Gasteiger partial charge in [0.15, 0.2) is 0 Å². The van der Waals surface area contributed by atoms with Gasteiger partial charge in [0.2, 0.25) is 5.91 Å². The van der Waals surface area contributed by atoms with Crippen LogP contribution < -0.4 is 5.32 Å². The molecule has 2 aliphatic heterocycles. The molecule has 3 rings (SSSR count). The third-order valence-corrected chi connectivity index (χ3v) is 6.07. The lowest BCUT2D eigenvalue weighted by molar-refractivity contribution is -0.127. The van der Waals surface area contributed by atoms with Crippen LogP contribution in [0.25, 0.3) is 0 Å². The molecule has 2 fully saturated rings. The smallest absolute Gasteiger partial charge is 0.224 e. The van der Waals surface area contributed by atoms with Crippen molar-refractivity contribution in [2.75, 3.05) is 39.3 Å². The van der Waals surface area contributed by atoms with E-state index in [1.54, 1.807) is 0 Å². The van der Waals surface area contributed by atoms with Crippen LogP contribution in [0.15, 0.2) is 18.2 Å². The molecular weight excluding hydrogens is 346 g/mol. The summed E-state index contributed by atoms with van der Waals surface area (Å²) in [7, 11) is 0. The Labute approximate surface area is 171 Å². The summed E-state index contributed by atoms with van der Waals surface area (Å²) in [4.78, 5) is 18.1. The summed E-state index contributed by atoms with van der Waals surface area (Å²) in [5.41, 5.74) is 3.72. The zero-order chi connectivity index (χ0) is 20.1. The summed E-state index contributed by atoms with van der Waals surface area (Å²) in [5, 5.41) is 3.23. The maximum atomic E-state index is 13.0. The van der Waals surface area contributed by atoms with Gasteiger partial charge < -0.3 is 15.1 Å². The molecule has 4 heteroatoms. The van der Waals surface area contributed by atoms with E-state index in [4.69, 9.17) is 0 Å². The Morgan fingerprint density at radius 1 is 1.07 bits per heavy atom. The maximum absolute atomic E-state index is 13.0. The van der Waals surface area contributed by atoms with Crippen LogP contribution in [0.3, 0.4) is 0 Å². The molecule has 1 N–H and O–H groups in total. The Kier molecular flexibility index (Phi) is 7.53. The van der Waals surface area contributed by atoms with Crippen LogP contribution in [0.5, 0.6) is 0 Å². The van der Waals surface area contributed by atoms with Crippen LogP contribution >= 0.6 is 0 Å². The number of benzene rings is 1. The number of likely N-dealkylation sites (tertiary alicyclic amines) is 2. The highest BCUT2D eigenvalue weighted by molar-refractivity contribution is 5.79. The SMILES string of the molecule is Cc1cc(C)cc(CNC(=O)[C@@H]2C[C@H](CN3CCCC3)CN(CC(C)C)C2)c1. The fourth-order valence-corrected chi connectivity index (χ4v) is 5.13. The summed E-state index contributed by atoms with van der Waals surface area (Å²) >= 11 is 0. The highest BCUT2D eigenvalue weighted by atomic mass is 16.1. The molecule has 1 aromatic rings. The van der Waals surface area contributed by atoms with Gasteiger partial charge in [-0.05, 0) is 63.6 Å². The lowest BCUT2D eigenvalue weighted by atomic mass is 9.87. The molecule has 156 valence electrons. The maximum Gasteiger partial charge on any atom is 0.224 e. The summed E-state index contributed by atoms with van der Waals surface area (Å²) in [6, 6.07) is 6.53. The standard InChI is InChI=1S/C24H39N3O/c1-18(2)14-27-16-22(15-26-7-5-6-8-26)12-23(17-27)24(28)25-13-21-10-19(3)9-20(4)11-21/h9-11,18,22-23H,5-8,12-17H2,1-4H3,(H,25,28)/t22-,23-/m1/s1. The Morgan fingerprint density at radius 3 is 2.39 bits per heavy atom. The number of amides is 1. The Balaban J connectivity index is 1.59. The number of rotatable bonds is 7. The van der Waals surface area contributed by atoms with Crippen LogP contribution in [0.1, 0.15) is 49.8 Å². The fraction of sp³-hybridized carbons (Fsp3) is 0.708. The predicted octanol–water partition coefficient (Wildman–Crippen LogP) is 3.61. The van der Waals surface area contributed by atoms with Gasteiger partial charge in [-0.2, -0.15) is 0 Å². The average molecular weight is 386 g/mol. The molecule has 2 aliphatic rings. The van der Waals surface area contributed by atoms with Crippen molar-refractivity contribution in [1.29, 1.82) is 0 Å². The second-order valence-electron chi connectivity index (χ2n) is 9.63. The van der Waals surface area contributed by atoms with E-state index in [0.29, 0.717) is 18.4 Å². The minimum absolute atomic E-state index is 0.117. The normalized spacial score (nSPS) is 24.0. The number of hydrogen-bond donors (Lipinski definition) is 1. The Bertz CT molecular complexity index is 631. The molecule has 0 radical (unpaired) electrons. The number of piperidine rings is 1. The van der Waals surface area contributed by atoms with Crippen LogP contribution in [0.2, 0.25) is 0 Å². The molecular formula is C24H39N3O. The molecule has 0 aromatic heterocycles. The van der Waals surface area contributed by atoms with Gasteiger partial charge in [-0.15, -0.1) is 0 Å². The van der Waals surface area contributed by atoms with Gasteiger partial charge >= 0.3 is 0 Å². The van der Waals surface area contributed by atoms with Gasteiger partial charge in [-0.25, -0.2) is 0 Å². The van der Waals surface area contributed by atoms with E-state index in [1.165, 1.54) is 42.6 Å². The van der Waals surface area contributed by atoms with Gasteiger partial charge in [0.05, 0.1) is 5.92 Å². The topological polar surface area (TPSA) is 35.6 Å². The monoisotopic (exact) mass is 385 g/mol. The van der Waals surface area contributed by atoms with Crippen molar-refractivity contribution in [2.24, 2.45) is 17.8 Å². The van der Waals surface area contributed by atoms with Crippen molar-refractivity contribution < 1.29 is 4.79 Å². The minimum Gasteiger partial charge on any atom is -0.352 e. The van der Waals surface area contributed by atoms with Crippen molar-refractivity contribution in [1.82, 2.24) is 15.1 Å². The molecule has 28 heavy (non-hydrogen) atoms. The molecule has 2 saturated heterocycles. The number of aryl methyl sites for hydroxylation is 2. The first kappa shape index (κ1) is 21.3. The Morgan fingerprint density at radius 2 is 1.75 bits per heavy atom. The van der Waals surface area contributed by atoms with Crippen LogP contribution in [0, 0.1) is 31.6 Å². The van der Waals surface area contributed by atoms with Crippen molar-refractivity contribution in [3.8, 4) is 0 Å². The van der Waals surface area contributed by atoms with Gasteiger partial charge in [-0.1, -0.05) is 43.2 Å². The zero-order valence-electron chi connectivity index (χ0n) is 18.3. The lowest BCUT2D eigenvalue weighted by Crippen LogP contribution is -2.49. The molecule has 0 saturated carbocycles. The largest absolute Gasteiger partial charge is 0.352 e. The molecule has 1 aromatic carbocycles. The summed E-state index contributed by atoms with van der Waals surface area (Å²) in [6.45, 7) is 16.2. The summed E-state index contributed by atoms with van der Waals surface area (Å²) in [6.07, 6.45) is 3.70. The van der Waals surface area contributed by atoms with Crippen molar-refractivity contribution in [3.63, 3.8) is 0 Å². The van der Waals surface area contributed by atoms with E-state index < -0.39 is 0 Å². The molecule has 4 nitrogen and oxygen atoms in total. The summed E-state index contributed by atoms with van der Waals surface area (Å²) in [5.74, 6) is 1.61. The van der Waals surface area contributed by atoms with Gasteiger partial charge in [0.25, 0.3) is 0 Å². The second-order valence-corrected chi connectivity index (χ2v) is 9.63. The highest BCUT2D eigenvalue weighted by Crippen LogP contribution is 2.25. The first-order valence-corrected chi connectivity index (χ1v) is 11.2. The van der Waals surface area contributed by atoms with E-state index in [9.17, 15) is 4.79 Å². The van der Waals surface area contributed by atoms with E-state index in [1.807, 2.05) is 0 Å². The molecule has 0 spiro atoms. The number of nitrogens with one attached hydrogen (secondary N) is 1. The predicted molar refractivity (Wildman–Crippen MR) is 116 cm³/mol. The molecule has 1 amide bonds. The third-order valence-electron chi connectivity index (χ3n) is 6.07. The van der Waals surface area contributed by atoms with Gasteiger partial charge in [0, 0.05) is 32.7 Å². The van der Waals surface area contributed by atoms with Gasteiger partial charge in [0.1, 0.15) is 0 Å². The zero-order valence-corrected chi connectivity index (χ0v) is 18.3. The molecule has 2 atom stereocenters. The number of carbonyl (C=O) groups is 1. The van der Waals surface area contributed by atoms with Crippen molar-refractivity contribution >= 4 is 5.91 Å². The molecule has 0 unspecified atom stereocenters. The average Bonchev–Trinajstić information content (AvgIpc) is 3.11. The second kappa shape index (κ2) is 9.89. The lowest BCUT2D eigenvalue weighted by Gasteiger charge is -2.39. The molecule has 0 bridgehead atoms. The first-order chi connectivity index (χ1) is 13.4. The third kappa shape index (κ3) is 6.31. The summed E-state index contributed by atoms with van der Waals surface area (Å²) < 4.78 is 0. The van der Waals surface area contributed by atoms with Crippen molar-refractivity contribution in [2.45, 2.75) is 53.5 Å². The number of nitrogens with zero attached hydrogens (tertiary/aromatic N) is 2. The van der Waals surface area contributed by atoms with Crippen LogP contribution in [-0.2, 0) is 11.3 Å². The number of hydrogen-bond acceptors (Lipinski definition) is 3. The van der Waals surface area contributed by atoms with E-state index in [2.05, 4.69) is 61.0 Å². The Hall–Kier alpha value is -1.39. The van der Waals surface area contributed by atoms with E-state index in [0.717, 1.165) is 32.6 Å². The minimum atomic E-state index is 0.117. The number of carbonyl (C=O) groups excluding carboxylic acids is 1. The fourth-order valence-electron chi connectivity index (χ4n) is 5.13.